The van der Waals surface area contributed by atoms with Gasteiger partial charge in [0.25, 0.3) is 0 Å². The molecule has 0 aromatic heterocycles. The number of fused-ring (bicyclic) bond motifs is 1. The number of nitrogens with zero attached hydrogens (tertiary/aromatic N) is 1. The fourth-order valence-electron chi connectivity index (χ4n) is 5.33. The highest BCUT2D eigenvalue weighted by Gasteiger charge is 2.58. The molecule has 0 aromatic rings. The minimum Gasteiger partial charge on any atom is -0.463 e. The van der Waals surface area contributed by atoms with E-state index in [4.69, 9.17) is 10.5 Å². The van der Waals surface area contributed by atoms with Crippen LogP contribution in [-0.4, -0.2) is 72.4 Å². The highest BCUT2D eigenvalue weighted by Crippen LogP contribution is 2.50. The minimum atomic E-state index is -0.899. The molecule has 11 nitrogen and oxygen atoms in total. The maximum absolute atomic E-state index is 13.8. The molecule has 2 aliphatic carbocycles. The molecule has 1 saturated heterocycles. The van der Waals surface area contributed by atoms with Gasteiger partial charge in [0.15, 0.2) is 0 Å². The summed E-state index contributed by atoms with van der Waals surface area (Å²) < 4.78 is 5.18. The van der Waals surface area contributed by atoms with Crippen molar-refractivity contribution in [3.05, 3.63) is 12.2 Å². The van der Waals surface area contributed by atoms with Crippen molar-refractivity contribution >= 4 is 29.7 Å². The number of esters is 1. The zero-order valence-electron chi connectivity index (χ0n) is 29.3. The van der Waals surface area contributed by atoms with Crippen molar-refractivity contribution in [2.45, 2.75) is 119 Å². The van der Waals surface area contributed by atoms with Gasteiger partial charge in [0, 0.05) is 12.1 Å². The molecule has 5 N–H and O–H groups in total. The summed E-state index contributed by atoms with van der Waals surface area (Å²) in [7, 11) is 0. The van der Waals surface area contributed by atoms with E-state index in [0.717, 1.165) is 25.7 Å². The number of nitrogens with one attached hydrogen (secondary N) is 3. The molecule has 3 fully saturated rings. The zero-order valence-corrected chi connectivity index (χ0v) is 29.3. The standard InChI is InChI=1S/C29H47N5O6.C5H12/c1-16(23(30)35)20(13-17-9-8-10-17)32-24(36)21-19-14-18(19)15-34(21)25(37)22(28(2,3)4)33-27(39)31-11-12-40-26(38)29(5,6)7;1-5(2,3)4/h17-22H,1,8-15H2,2-7H3,(H2,30,35)(H,32,36)(H2,31,33,39);1-4H3/t18-,19-,20?,21?,22?;/m0./s1. The molecule has 256 valence electrons. The third-order valence-corrected chi connectivity index (χ3v) is 8.17. The van der Waals surface area contributed by atoms with E-state index in [1.807, 2.05) is 20.8 Å². The highest BCUT2D eigenvalue weighted by molar-refractivity contribution is 5.96. The average molecular weight is 634 g/mol. The quantitative estimate of drug-likeness (QED) is 0.153. The Balaban J connectivity index is 0.00000130. The number of hydrogen-bond donors (Lipinski definition) is 4. The first-order chi connectivity index (χ1) is 20.5. The van der Waals surface area contributed by atoms with Crippen molar-refractivity contribution in [3.8, 4) is 0 Å². The molecule has 0 radical (unpaired) electrons. The summed E-state index contributed by atoms with van der Waals surface area (Å²) >= 11 is 0. The van der Waals surface area contributed by atoms with Crippen LogP contribution in [0.4, 0.5) is 4.79 Å². The van der Waals surface area contributed by atoms with Crippen LogP contribution in [0.3, 0.4) is 0 Å². The predicted molar refractivity (Wildman–Crippen MR) is 175 cm³/mol. The number of urea groups is 1. The Morgan fingerprint density at radius 3 is 2.00 bits per heavy atom. The molecule has 5 atom stereocenters. The number of carbonyl (C=O) groups is 5. The molecule has 11 heteroatoms. The molecular formula is C34H59N5O6. The number of nitrogens with two attached hydrogens (primary N) is 1. The number of primary amides is 1. The van der Waals surface area contributed by atoms with E-state index in [-0.39, 0.29) is 48.3 Å². The largest absolute Gasteiger partial charge is 0.463 e. The molecule has 2 saturated carbocycles. The zero-order chi connectivity index (χ0) is 34.5. The van der Waals surface area contributed by atoms with Crippen LogP contribution in [-0.2, 0) is 23.9 Å². The summed E-state index contributed by atoms with van der Waals surface area (Å²) in [6.45, 7) is 23.9. The van der Waals surface area contributed by atoms with Crippen molar-refractivity contribution in [2.24, 2.45) is 39.7 Å². The van der Waals surface area contributed by atoms with Gasteiger partial charge in [0.05, 0.1) is 18.0 Å². The van der Waals surface area contributed by atoms with E-state index < -0.39 is 40.9 Å². The van der Waals surface area contributed by atoms with Crippen LogP contribution in [0.2, 0.25) is 0 Å². The molecule has 1 aliphatic heterocycles. The monoisotopic (exact) mass is 633 g/mol. The number of ether oxygens (including phenoxy) is 1. The SMILES string of the molecule is C=C(C(N)=O)C(CC1CCC1)NC(=O)C1[C@H]2C[C@H]2CN1C(=O)C(NC(=O)NCCOC(=O)C(C)(C)C)C(C)(C)C.CC(C)(C)C. The average Bonchev–Trinajstić information content (AvgIpc) is 3.51. The van der Waals surface area contributed by atoms with Crippen LogP contribution in [0.5, 0.6) is 0 Å². The Bertz CT molecular complexity index is 1110. The van der Waals surface area contributed by atoms with Gasteiger partial charge < -0.3 is 31.3 Å². The molecule has 3 rings (SSSR count). The van der Waals surface area contributed by atoms with Crippen molar-refractivity contribution in [3.63, 3.8) is 0 Å². The van der Waals surface area contributed by atoms with Crippen molar-refractivity contribution in [1.82, 2.24) is 20.9 Å². The first-order valence-electron chi connectivity index (χ1n) is 16.3. The predicted octanol–water partition coefficient (Wildman–Crippen LogP) is 3.91. The normalized spacial score (nSPS) is 22.4. The van der Waals surface area contributed by atoms with Gasteiger partial charge in [-0.3, -0.25) is 19.2 Å². The molecule has 0 aromatic carbocycles. The lowest BCUT2D eigenvalue weighted by Gasteiger charge is -2.37. The summed E-state index contributed by atoms with van der Waals surface area (Å²) in [5, 5.41) is 8.38. The summed E-state index contributed by atoms with van der Waals surface area (Å²) in [5.41, 5.74) is 4.88. The van der Waals surface area contributed by atoms with Crippen molar-refractivity contribution in [1.29, 1.82) is 0 Å². The van der Waals surface area contributed by atoms with E-state index in [1.54, 1.807) is 25.7 Å². The van der Waals surface area contributed by atoms with Crippen LogP contribution in [0.15, 0.2) is 12.2 Å². The fraction of sp³-hybridized carbons (Fsp3) is 0.794. The van der Waals surface area contributed by atoms with Crippen molar-refractivity contribution in [2.75, 3.05) is 19.7 Å². The third-order valence-electron chi connectivity index (χ3n) is 8.17. The van der Waals surface area contributed by atoms with Gasteiger partial charge in [-0.1, -0.05) is 74.3 Å². The second kappa shape index (κ2) is 15.0. The first-order valence-corrected chi connectivity index (χ1v) is 16.3. The molecule has 0 spiro atoms. The van der Waals surface area contributed by atoms with Gasteiger partial charge in [-0.25, -0.2) is 4.79 Å². The molecule has 5 amide bonds. The Morgan fingerprint density at radius 1 is 0.956 bits per heavy atom. The van der Waals surface area contributed by atoms with Crippen LogP contribution in [0.1, 0.15) is 101 Å². The number of rotatable bonds is 11. The minimum absolute atomic E-state index is 0.00794. The number of carbonyl (C=O) groups excluding carboxylic acids is 5. The molecule has 3 aliphatic rings. The van der Waals surface area contributed by atoms with Gasteiger partial charge in [0.1, 0.15) is 18.7 Å². The lowest BCUT2D eigenvalue weighted by molar-refractivity contribution is -0.152. The Morgan fingerprint density at radius 2 is 1.53 bits per heavy atom. The second-order valence-electron chi connectivity index (χ2n) is 16.7. The van der Waals surface area contributed by atoms with Crippen LogP contribution in [0.25, 0.3) is 0 Å². The molecule has 0 bridgehead atoms. The van der Waals surface area contributed by atoms with Gasteiger partial charge in [-0.05, 0) is 62.2 Å². The summed E-state index contributed by atoms with van der Waals surface area (Å²) in [6, 6.07) is -2.72. The Hall–Kier alpha value is -3.11. The van der Waals surface area contributed by atoms with E-state index >= 15 is 0 Å². The van der Waals surface area contributed by atoms with E-state index in [0.29, 0.717) is 24.3 Å². The molecule has 45 heavy (non-hydrogen) atoms. The van der Waals surface area contributed by atoms with Crippen LogP contribution < -0.4 is 21.7 Å². The summed E-state index contributed by atoms with van der Waals surface area (Å²) in [6.07, 6.45) is 4.65. The second-order valence-corrected chi connectivity index (χ2v) is 16.7. The van der Waals surface area contributed by atoms with Gasteiger partial charge in [-0.15, -0.1) is 0 Å². The third kappa shape index (κ3) is 12.0. The molecule has 3 unspecified atom stereocenters. The van der Waals surface area contributed by atoms with Gasteiger partial charge in [-0.2, -0.15) is 0 Å². The highest BCUT2D eigenvalue weighted by atomic mass is 16.5. The maximum atomic E-state index is 13.8. The maximum Gasteiger partial charge on any atom is 0.315 e. The molecular weight excluding hydrogens is 574 g/mol. The topological polar surface area (TPSA) is 160 Å². The summed E-state index contributed by atoms with van der Waals surface area (Å²) in [5.74, 6) is -0.992. The van der Waals surface area contributed by atoms with Crippen LogP contribution in [0, 0.1) is 34.0 Å². The lowest BCUT2D eigenvalue weighted by Crippen LogP contribution is -2.60. The number of piperidine rings is 1. The number of likely N-dealkylation sites (tertiary alicyclic amines) is 1. The molecule has 1 heterocycles. The van der Waals surface area contributed by atoms with E-state index in [1.165, 1.54) is 0 Å². The summed E-state index contributed by atoms with van der Waals surface area (Å²) in [4.78, 5) is 65.5. The van der Waals surface area contributed by atoms with E-state index in [9.17, 15) is 24.0 Å². The van der Waals surface area contributed by atoms with Crippen LogP contribution >= 0.6 is 0 Å². The van der Waals surface area contributed by atoms with E-state index in [2.05, 4.69) is 50.2 Å². The lowest BCUT2D eigenvalue weighted by atomic mass is 9.79. The fourth-order valence-corrected chi connectivity index (χ4v) is 5.33. The first kappa shape index (κ1) is 38.1. The smallest absolute Gasteiger partial charge is 0.315 e. The number of hydrogen-bond acceptors (Lipinski definition) is 6. The number of amides is 5. The van der Waals surface area contributed by atoms with Gasteiger partial charge >= 0.3 is 12.0 Å². The van der Waals surface area contributed by atoms with Crippen molar-refractivity contribution < 1.29 is 28.7 Å². The Kier molecular flexibility index (Phi) is 12.7. The van der Waals surface area contributed by atoms with Gasteiger partial charge in [0.2, 0.25) is 17.7 Å². The Labute approximate surface area is 270 Å².